The molecule has 0 spiro atoms. The Morgan fingerprint density at radius 2 is 2.05 bits per heavy atom. The summed E-state index contributed by atoms with van der Waals surface area (Å²) >= 11 is 5.95. The molecule has 0 aliphatic carbocycles. The molecule has 1 atom stereocenters. The molecular weight excluding hydrogens is 296 g/mol. The van der Waals surface area contributed by atoms with Crippen molar-refractivity contribution in [1.29, 1.82) is 0 Å². The van der Waals surface area contributed by atoms with Crippen LogP contribution in [0.4, 0.5) is 5.95 Å². The average molecular weight is 315 g/mol. The van der Waals surface area contributed by atoms with Crippen LogP contribution in [-0.2, 0) is 4.79 Å². The predicted molar refractivity (Wildman–Crippen MR) is 79.8 cm³/mol. The van der Waals surface area contributed by atoms with E-state index in [0.717, 1.165) is 0 Å². The van der Waals surface area contributed by atoms with Gasteiger partial charge >= 0.3 is 5.97 Å². The lowest BCUT2D eigenvalue weighted by molar-refractivity contribution is -0.137. The van der Waals surface area contributed by atoms with E-state index in [0.29, 0.717) is 19.0 Å². The fourth-order valence-corrected chi connectivity index (χ4v) is 1.96. The number of nitrogens with zero attached hydrogens (tertiary/aromatic N) is 3. The van der Waals surface area contributed by atoms with Crippen LogP contribution in [0.2, 0.25) is 5.02 Å². The van der Waals surface area contributed by atoms with Gasteiger partial charge in [0.05, 0.1) is 17.6 Å². The Hall–Kier alpha value is -1.89. The molecule has 0 radical (unpaired) electrons. The van der Waals surface area contributed by atoms with Crippen molar-refractivity contribution < 1.29 is 14.7 Å². The van der Waals surface area contributed by atoms with Crippen molar-refractivity contribution in [2.45, 2.75) is 33.2 Å². The van der Waals surface area contributed by atoms with Gasteiger partial charge in [0.15, 0.2) is 5.69 Å². The maximum absolute atomic E-state index is 12.1. The molecule has 1 heterocycles. The number of carbonyl (C=O) groups excluding carboxylic acids is 1. The summed E-state index contributed by atoms with van der Waals surface area (Å²) in [6.07, 6.45) is 1.20. The molecule has 0 aliphatic heterocycles. The standard InChI is InChI=1S/C13H19ClN4O3/c1-4-18(5-2)13-15-7-9(14)11(17-13)12(21)16-8(3)6-10(19)20/h7-8H,4-6H2,1-3H3,(H,16,21)(H,19,20)/t8-/m0/s1. The Kier molecular flexibility index (Phi) is 6.36. The second-order valence-electron chi connectivity index (χ2n) is 4.51. The second-order valence-corrected chi connectivity index (χ2v) is 4.92. The molecule has 2 N–H and O–H groups in total. The van der Waals surface area contributed by atoms with Crippen molar-refractivity contribution in [2.24, 2.45) is 0 Å². The minimum absolute atomic E-state index is 0.0470. The molecule has 0 saturated heterocycles. The van der Waals surface area contributed by atoms with E-state index in [1.54, 1.807) is 6.92 Å². The van der Waals surface area contributed by atoms with Gasteiger partial charge in [0.2, 0.25) is 5.95 Å². The van der Waals surface area contributed by atoms with Crippen LogP contribution in [-0.4, -0.2) is 46.1 Å². The Morgan fingerprint density at radius 1 is 1.43 bits per heavy atom. The van der Waals surface area contributed by atoms with Crippen LogP contribution >= 0.6 is 11.6 Å². The number of halogens is 1. The number of hydrogen-bond donors (Lipinski definition) is 2. The van der Waals surface area contributed by atoms with E-state index in [2.05, 4.69) is 15.3 Å². The smallest absolute Gasteiger partial charge is 0.305 e. The molecule has 1 rings (SSSR count). The number of aromatic nitrogens is 2. The van der Waals surface area contributed by atoms with E-state index in [4.69, 9.17) is 16.7 Å². The molecule has 0 unspecified atom stereocenters. The molecular formula is C13H19ClN4O3. The third-order valence-electron chi connectivity index (χ3n) is 2.85. The summed E-state index contributed by atoms with van der Waals surface area (Å²) in [5.74, 6) is -1.08. The van der Waals surface area contributed by atoms with E-state index in [1.165, 1.54) is 6.20 Å². The highest BCUT2D eigenvalue weighted by molar-refractivity contribution is 6.33. The normalized spacial score (nSPS) is 11.8. The molecule has 21 heavy (non-hydrogen) atoms. The maximum Gasteiger partial charge on any atom is 0.305 e. The van der Waals surface area contributed by atoms with Crippen LogP contribution in [0.15, 0.2) is 6.20 Å². The first kappa shape index (κ1) is 17.2. The van der Waals surface area contributed by atoms with Gasteiger partial charge in [0.25, 0.3) is 5.91 Å². The van der Waals surface area contributed by atoms with Crippen LogP contribution in [0.5, 0.6) is 0 Å². The molecule has 1 aromatic heterocycles. The SMILES string of the molecule is CCN(CC)c1ncc(Cl)c(C(=O)N[C@@H](C)CC(=O)O)n1. The monoisotopic (exact) mass is 314 g/mol. The summed E-state index contributed by atoms with van der Waals surface area (Å²) in [6, 6.07) is -0.516. The fourth-order valence-electron chi connectivity index (χ4n) is 1.78. The summed E-state index contributed by atoms with van der Waals surface area (Å²) in [5, 5.41) is 11.4. The first-order valence-electron chi connectivity index (χ1n) is 6.69. The number of nitrogens with one attached hydrogen (secondary N) is 1. The lowest BCUT2D eigenvalue weighted by Crippen LogP contribution is -2.35. The van der Waals surface area contributed by atoms with E-state index in [-0.39, 0.29) is 17.1 Å². The number of carboxylic acids is 1. The average Bonchev–Trinajstić information content (AvgIpc) is 2.40. The van der Waals surface area contributed by atoms with E-state index >= 15 is 0 Å². The Bertz CT molecular complexity index is 520. The number of aliphatic carboxylic acids is 1. The largest absolute Gasteiger partial charge is 0.481 e. The summed E-state index contributed by atoms with van der Waals surface area (Å²) in [7, 11) is 0. The molecule has 0 aliphatic rings. The zero-order valence-electron chi connectivity index (χ0n) is 12.3. The van der Waals surface area contributed by atoms with Gasteiger partial charge in [-0.1, -0.05) is 11.6 Å². The molecule has 116 valence electrons. The minimum Gasteiger partial charge on any atom is -0.481 e. The van der Waals surface area contributed by atoms with E-state index < -0.39 is 17.9 Å². The third kappa shape index (κ3) is 4.86. The van der Waals surface area contributed by atoms with Crippen molar-refractivity contribution in [3.05, 3.63) is 16.9 Å². The molecule has 1 aromatic rings. The lowest BCUT2D eigenvalue weighted by atomic mass is 10.2. The number of rotatable bonds is 7. The Balaban J connectivity index is 2.93. The first-order valence-corrected chi connectivity index (χ1v) is 7.06. The number of carbonyl (C=O) groups is 2. The second kappa shape index (κ2) is 7.78. The highest BCUT2D eigenvalue weighted by Crippen LogP contribution is 2.16. The van der Waals surface area contributed by atoms with Gasteiger partial charge in [-0.2, -0.15) is 0 Å². The molecule has 0 aromatic carbocycles. The summed E-state index contributed by atoms with van der Waals surface area (Å²) in [5.41, 5.74) is 0.0470. The highest BCUT2D eigenvalue weighted by atomic mass is 35.5. The first-order chi connectivity index (χ1) is 9.88. The van der Waals surface area contributed by atoms with Gasteiger partial charge in [-0.25, -0.2) is 9.97 Å². The van der Waals surface area contributed by atoms with Crippen molar-refractivity contribution in [1.82, 2.24) is 15.3 Å². The number of anilines is 1. The highest BCUT2D eigenvalue weighted by Gasteiger charge is 2.18. The topological polar surface area (TPSA) is 95.4 Å². The van der Waals surface area contributed by atoms with Crippen LogP contribution in [0.3, 0.4) is 0 Å². The Labute approximate surface area is 128 Å². The zero-order valence-corrected chi connectivity index (χ0v) is 13.0. The zero-order chi connectivity index (χ0) is 16.0. The number of carboxylic acid groups (broad SMARTS) is 1. The molecule has 1 amide bonds. The van der Waals surface area contributed by atoms with Gasteiger partial charge in [0.1, 0.15) is 0 Å². The van der Waals surface area contributed by atoms with Crippen LogP contribution in [0, 0.1) is 0 Å². The van der Waals surface area contributed by atoms with Crippen molar-refractivity contribution >= 4 is 29.4 Å². The van der Waals surface area contributed by atoms with Gasteiger partial charge in [-0.15, -0.1) is 0 Å². The summed E-state index contributed by atoms with van der Waals surface area (Å²) < 4.78 is 0. The van der Waals surface area contributed by atoms with E-state index in [1.807, 2.05) is 18.7 Å². The Morgan fingerprint density at radius 3 is 2.57 bits per heavy atom. The molecule has 0 fully saturated rings. The van der Waals surface area contributed by atoms with Crippen molar-refractivity contribution in [2.75, 3.05) is 18.0 Å². The van der Waals surface area contributed by atoms with Gasteiger partial charge in [-0.05, 0) is 20.8 Å². The van der Waals surface area contributed by atoms with E-state index in [9.17, 15) is 9.59 Å². The predicted octanol–water partition coefficient (Wildman–Crippen LogP) is 1.57. The van der Waals surface area contributed by atoms with Crippen LogP contribution < -0.4 is 10.2 Å². The maximum atomic E-state index is 12.1. The molecule has 0 bridgehead atoms. The summed E-state index contributed by atoms with van der Waals surface area (Å²) in [4.78, 5) is 32.9. The van der Waals surface area contributed by atoms with Crippen molar-refractivity contribution in [3.8, 4) is 0 Å². The van der Waals surface area contributed by atoms with Gasteiger partial charge in [-0.3, -0.25) is 9.59 Å². The molecule has 7 nitrogen and oxygen atoms in total. The summed E-state index contributed by atoms with van der Waals surface area (Å²) in [6.45, 7) is 6.92. The molecule has 8 heteroatoms. The van der Waals surface area contributed by atoms with Crippen LogP contribution in [0.25, 0.3) is 0 Å². The lowest BCUT2D eigenvalue weighted by Gasteiger charge is -2.19. The van der Waals surface area contributed by atoms with Crippen molar-refractivity contribution in [3.63, 3.8) is 0 Å². The van der Waals surface area contributed by atoms with Crippen LogP contribution in [0.1, 0.15) is 37.7 Å². The quantitative estimate of drug-likeness (QED) is 0.793. The minimum atomic E-state index is -0.986. The van der Waals surface area contributed by atoms with Gasteiger partial charge in [0, 0.05) is 19.1 Å². The number of hydrogen-bond acceptors (Lipinski definition) is 5. The van der Waals surface area contributed by atoms with Gasteiger partial charge < -0.3 is 15.3 Å². The third-order valence-corrected chi connectivity index (χ3v) is 3.13. The fraction of sp³-hybridized carbons (Fsp3) is 0.538. The molecule has 0 saturated carbocycles. The number of amides is 1.